The number of hydrogen-bond acceptors (Lipinski definition) is 1. The summed E-state index contributed by atoms with van der Waals surface area (Å²) in [7, 11) is 0. The van der Waals surface area contributed by atoms with Crippen LogP contribution in [-0.4, -0.2) is 9.13 Å². The molecule has 0 atom stereocenters. The van der Waals surface area contributed by atoms with Gasteiger partial charge in [0.25, 0.3) is 0 Å². The van der Waals surface area contributed by atoms with Crippen molar-refractivity contribution < 1.29 is 0 Å². The zero-order valence-electron chi connectivity index (χ0n) is 25.8. The number of aromatic nitrogens is 2. The maximum absolute atomic E-state index is 9.85. The summed E-state index contributed by atoms with van der Waals surface area (Å²) in [6.45, 7) is 7.56. The fraction of sp³-hybridized carbons (Fsp3) is 0. The molecule has 0 aliphatic heterocycles. The van der Waals surface area contributed by atoms with Crippen molar-refractivity contribution in [3.8, 4) is 39.7 Å². The van der Waals surface area contributed by atoms with Crippen LogP contribution in [0.4, 0.5) is 5.69 Å². The molecule has 2 heterocycles. The number of benzene rings is 7. The summed E-state index contributed by atoms with van der Waals surface area (Å²) in [6, 6.07) is 56.8. The quantitative estimate of drug-likeness (QED) is 0.183. The minimum Gasteiger partial charge on any atom is -0.309 e. The number of nitriles is 1. The smallest absolute Gasteiger partial charge is 0.188 e. The first-order valence-electron chi connectivity index (χ1n) is 15.9. The Morgan fingerprint density at radius 3 is 1.60 bits per heavy atom. The van der Waals surface area contributed by atoms with E-state index in [1.54, 1.807) is 0 Å². The minimum absolute atomic E-state index is 0.606. The van der Waals surface area contributed by atoms with Gasteiger partial charge in [-0.15, -0.1) is 0 Å². The molecule has 4 heteroatoms. The lowest BCUT2D eigenvalue weighted by molar-refractivity contribution is 1.18. The van der Waals surface area contributed by atoms with Crippen LogP contribution in [-0.2, 0) is 0 Å². The molecule has 222 valence electrons. The molecule has 0 amide bonds. The van der Waals surface area contributed by atoms with E-state index >= 15 is 0 Å². The number of hydrogen-bond donors (Lipinski definition) is 0. The Hall–Kier alpha value is -6.88. The van der Waals surface area contributed by atoms with E-state index in [4.69, 9.17) is 6.57 Å². The fourth-order valence-corrected chi connectivity index (χ4v) is 7.17. The van der Waals surface area contributed by atoms with E-state index in [1.165, 1.54) is 21.8 Å². The lowest BCUT2D eigenvalue weighted by Gasteiger charge is -2.15. The van der Waals surface area contributed by atoms with Gasteiger partial charge < -0.3 is 9.13 Å². The molecule has 48 heavy (non-hydrogen) atoms. The number of rotatable bonds is 4. The average Bonchev–Trinajstić information content (AvgIpc) is 3.67. The summed E-state index contributed by atoms with van der Waals surface area (Å²) < 4.78 is 4.58. The molecule has 9 rings (SSSR count). The summed E-state index contributed by atoms with van der Waals surface area (Å²) in [5.41, 5.74) is 12.1. The van der Waals surface area contributed by atoms with Gasteiger partial charge in [0.1, 0.15) is 0 Å². The summed E-state index contributed by atoms with van der Waals surface area (Å²) in [5, 5.41) is 14.5. The van der Waals surface area contributed by atoms with Crippen LogP contribution in [0.3, 0.4) is 0 Å². The van der Waals surface area contributed by atoms with Gasteiger partial charge in [0, 0.05) is 27.4 Å². The Morgan fingerprint density at radius 1 is 0.479 bits per heavy atom. The molecule has 0 radical (unpaired) electrons. The second-order valence-electron chi connectivity index (χ2n) is 12.0. The first-order valence-corrected chi connectivity index (χ1v) is 15.9. The highest BCUT2D eigenvalue weighted by Gasteiger charge is 2.17. The van der Waals surface area contributed by atoms with Gasteiger partial charge in [-0.1, -0.05) is 97.1 Å². The first-order chi connectivity index (χ1) is 23.7. The molecular weight excluding hydrogens is 585 g/mol. The van der Waals surface area contributed by atoms with Gasteiger partial charge in [0.2, 0.25) is 0 Å². The zero-order valence-corrected chi connectivity index (χ0v) is 25.8. The standard InChI is InChI=1S/C44H26N4/c1-46-33-21-25-44-39(27-33)37-10-4-7-13-42(37)48(44)43-24-14-29(28-45)26-38(43)32-17-15-30(16-18-32)31-19-22-34(23-20-31)47-40-11-5-2-8-35(40)36-9-3-6-12-41(36)47/h2-27H. The summed E-state index contributed by atoms with van der Waals surface area (Å²) in [5.74, 6) is 0. The topological polar surface area (TPSA) is 38.0 Å². The highest BCUT2D eigenvalue weighted by molar-refractivity contribution is 6.11. The zero-order chi connectivity index (χ0) is 32.2. The molecule has 0 fully saturated rings. The van der Waals surface area contributed by atoms with Crippen molar-refractivity contribution >= 4 is 49.3 Å². The number of fused-ring (bicyclic) bond motifs is 6. The van der Waals surface area contributed by atoms with E-state index in [9.17, 15) is 5.26 Å². The first kappa shape index (κ1) is 27.4. The molecule has 0 aliphatic rings. The molecule has 0 N–H and O–H groups in total. The third-order valence-corrected chi connectivity index (χ3v) is 9.39. The van der Waals surface area contributed by atoms with E-state index in [0.717, 1.165) is 55.4 Å². The van der Waals surface area contributed by atoms with Crippen molar-refractivity contribution in [2.24, 2.45) is 0 Å². The van der Waals surface area contributed by atoms with Crippen molar-refractivity contribution in [1.82, 2.24) is 9.13 Å². The maximum Gasteiger partial charge on any atom is 0.188 e. The minimum atomic E-state index is 0.606. The molecule has 0 saturated carbocycles. The molecule has 9 aromatic rings. The van der Waals surface area contributed by atoms with E-state index in [1.807, 2.05) is 48.5 Å². The number of nitrogens with zero attached hydrogens (tertiary/aromatic N) is 4. The van der Waals surface area contributed by atoms with Crippen molar-refractivity contribution in [1.29, 1.82) is 5.26 Å². The predicted molar refractivity (Wildman–Crippen MR) is 197 cm³/mol. The molecule has 7 aromatic carbocycles. The molecule has 0 bridgehead atoms. The SMILES string of the molecule is [C-]#[N+]c1ccc2c(c1)c1ccccc1n2-c1ccc(C#N)cc1-c1ccc(-c2ccc(-n3c4ccccc4c4ccccc43)cc2)cc1. The van der Waals surface area contributed by atoms with E-state index < -0.39 is 0 Å². The van der Waals surface area contributed by atoms with Gasteiger partial charge in [0.15, 0.2) is 5.69 Å². The molecule has 0 spiro atoms. The Bertz CT molecular complexity index is 2730. The van der Waals surface area contributed by atoms with Crippen molar-refractivity contribution in [3.05, 3.63) is 175 Å². The lowest BCUT2D eigenvalue weighted by Crippen LogP contribution is -1.98. The fourth-order valence-electron chi connectivity index (χ4n) is 7.17. The van der Waals surface area contributed by atoms with E-state index in [2.05, 4.69) is 129 Å². The Balaban J connectivity index is 1.13. The highest BCUT2D eigenvalue weighted by Crippen LogP contribution is 2.39. The van der Waals surface area contributed by atoms with Crippen LogP contribution >= 0.6 is 0 Å². The Labute approximate surface area is 277 Å². The van der Waals surface area contributed by atoms with Gasteiger partial charge >= 0.3 is 0 Å². The summed E-state index contributed by atoms with van der Waals surface area (Å²) in [4.78, 5) is 3.68. The van der Waals surface area contributed by atoms with Gasteiger partial charge in [-0.25, -0.2) is 4.85 Å². The van der Waals surface area contributed by atoms with E-state index in [0.29, 0.717) is 11.3 Å². The van der Waals surface area contributed by atoms with Gasteiger partial charge in [-0.2, -0.15) is 5.26 Å². The van der Waals surface area contributed by atoms with Gasteiger partial charge in [-0.05, 0) is 82.7 Å². The largest absolute Gasteiger partial charge is 0.309 e. The Kier molecular flexibility index (Phi) is 6.22. The number of para-hydroxylation sites is 3. The second-order valence-corrected chi connectivity index (χ2v) is 12.0. The van der Waals surface area contributed by atoms with Crippen LogP contribution in [0.2, 0.25) is 0 Å². The van der Waals surface area contributed by atoms with E-state index in [-0.39, 0.29) is 0 Å². The van der Waals surface area contributed by atoms with Gasteiger partial charge in [-0.3, -0.25) is 0 Å². The average molecular weight is 611 g/mol. The molecule has 4 nitrogen and oxygen atoms in total. The second kappa shape index (κ2) is 10.9. The highest BCUT2D eigenvalue weighted by atomic mass is 15.0. The van der Waals surface area contributed by atoms with Crippen LogP contribution in [0.5, 0.6) is 0 Å². The van der Waals surface area contributed by atoms with Crippen LogP contribution in [0.1, 0.15) is 5.56 Å². The summed E-state index contributed by atoms with van der Waals surface area (Å²) >= 11 is 0. The molecule has 0 saturated heterocycles. The normalized spacial score (nSPS) is 11.3. The lowest BCUT2D eigenvalue weighted by atomic mass is 9.97. The van der Waals surface area contributed by atoms with Crippen LogP contribution in [0.25, 0.3) is 82.1 Å². The Morgan fingerprint density at radius 2 is 1.00 bits per heavy atom. The van der Waals surface area contributed by atoms with Crippen LogP contribution < -0.4 is 0 Å². The third kappa shape index (κ3) is 4.22. The maximum atomic E-state index is 9.85. The molecule has 0 unspecified atom stereocenters. The molecule has 2 aromatic heterocycles. The van der Waals surface area contributed by atoms with Gasteiger partial charge in [0.05, 0.1) is 46.0 Å². The van der Waals surface area contributed by atoms with Crippen molar-refractivity contribution in [3.63, 3.8) is 0 Å². The predicted octanol–water partition coefficient (Wildman–Crippen LogP) is 11.6. The molecular formula is C44H26N4. The molecule has 0 aliphatic carbocycles. The van der Waals surface area contributed by atoms with Crippen LogP contribution in [0.15, 0.2) is 158 Å². The third-order valence-electron chi connectivity index (χ3n) is 9.39. The summed E-state index contributed by atoms with van der Waals surface area (Å²) in [6.07, 6.45) is 0. The van der Waals surface area contributed by atoms with Crippen LogP contribution in [0, 0.1) is 17.9 Å². The monoisotopic (exact) mass is 610 g/mol. The van der Waals surface area contributed by atoms with Crippen molar-refractivity contribution in [2.45, 2.75) is 0 Å². The van der Waals surface area contributed by atoms with Crippen molar-refractivity contribution in [2.75, 3.05) is 0 Å².